The molecule has 1 aliphatic heterocycles. The number of halogens is 1. The maximum atomic E-state index is 9.99. The third kappa shape index (κ3) is 1.41. The number of carbonyl (C=O) groups excluding carboxylic acids is 1. The SMILES string of the molecule is O=C[C@H](Cl)N1CC(O)C1. The van der Waals surface area contributed by atoms with Crippen molar-refractivity contribution < 1.29 is 9.90 Å². The fourth-order valence-electron chi connectivity index (χ4n) is 0.775. The zero-order valence-electron chi connectivity index (χ0n) is 4.83. The molecule has 9 heavy (non-hydrogen) atoms. The molecule has 0 amide bonds. The molecule has 1 rings (SSSR count). The lowest BCUT2D eigenvalue weighted by atomic mass is 10.2. The second-order valence-electron chi connectivity index (χ2n) is 2.12. The monoisotopic (exact) mass is 149 g/mol. The summed E-state index contributed by atoms with van der Waals surface area (Å²) < 4.78 is 0. The van der Waals surface area contributed by atoms with E-state index in [0.717, 1.165) is 0 Å². The largest absolute Gasteiger partial charge is 0.390 e. The Labute approximate surface area is 58.2 Å². The molecule has 4 heteroatoms. The van der Waals surface area contributed by atoms with Gasteiger partial charge in [0.15, 0.2) is 6.29 Å². The predicted octanol–water partition coefficient (Wildman–Crippen LogP) is -0.573. The number of carbonyl (C=O) groups is 1. The molecule has 3 nitrogen and oxygen atoms in total. The van der Waals surface area contributed by atoms with Crippen molar-refractivity contribution in [3.63, 3.8) is 0 Å². The molecule has 0 unspecified atom stereocenters. The van der Waals surface area contributed by atoms with Crippen molar-refractivity contribution in [3.05, 3.63) is 0 Å². The van der Waals surface area contributed by atoms with Crippen molar-refractivity contribution in [1.82, 2.24) is 4.90 Å². The summed E-state index contributed by atoms with van der Waals surface area (Å²) in [6, 6.07) is 0. The number of aliphatic hydroxyl groups is 1. The summed E-state index contributed by atoms with van der Waals surface area (Å²) in [5.41, 5.74) is -0.548. The van der Waals surface area contributed by atoms with Gasteiger partial charge in [-0.05, 0) is 0 Å². The van der Waals surface area contributed by atoms with Crippen LogP contribution in [0.2, 0.25) is 0 Å². The molecule has 0 saturated carbocycles. The summed E-state index contributed by atoms with van der Waals surface area (Å²) in [7, 11) is 0. The smallest absolute Gasteiger partial charge is 0.152 e. The summed E-state index contributed by atoms with van der Waals surface area (Å²) in [5, 5.41) is 8.75. The van der Waals surface area contributed by atoms with Crippen LogP contribution in [0.1, 0.15) is 0 Å². The van der Waals surface area contributed by atoms with E-state index in [-0.39, 0.29) is 6.10 Å². The van der Waals surface area contributed by atoms with Gasteiger partial charge in [0.05, 0.1) is 6.10 Å². The van der Waals surface area contributed by atoms with E-state index in [0.29, 0.717) is 19.4 Å². The van der Waals surface area contributed by atoms with Crippen LogP contribution in [-0.4, -0.2) is 41.0 Å². The number of hydrogen-bond donors (Lipinski definition) is 1. The Bertz CT molecular complexity index is 114. The molecule has 0 aromatic heterocycles. The Kier molecular flexibility index (Phi) is 2.05. The van der Waals surface area contributed by atoms with Crippen molar-refractivity contribution in [3.8, 4) is 0 Å². The number of rotatable bonds is 2. The van der Waals surface area contributed by atoms with Crippen LogP contribution in [0.3, 0.4) is 0 Å². The Morgan fingerprint density at radius 3 is 2.67 bits per heavy atom. The molecular weight excluding hydrogens is 142 g/mol. The lowest BCUT2D eigenvalue weighted by molar-refractivity contribution is -0.113. The van der Waals surface area contributed by atoms with Gasteiger partial charge in [-0.15, -0.1) is 0 Å². The number of aldehydes is 1. The molecule has 0 aliphatic carbocycles. The van der Waals surface area contributed by atoms with Crippen LogP contribution < -0.4 is 0 Å². The first-order valence-corrected chi connectivity index (χ1v) is 3.19. The predicted molar refractivity (Wildman–Crippen MR) is 33.3 cm³/mol. The average molecular weight is 150 g/mol. The molecule has 1 N–H and O–H groups in total. The van der Waals surface area contributed by atoms with Crippen molar-refractivity contribution >= 4 is 17.9 Å². The van der Waals surface area contributed by atoms with Gasteiger partial charge >= 0.3 is 0 Å². The summed E-state index contributed by atoms with van der Waals surface area (Å²) in [5.74, 6) is 0. The highest BCUT2D eigenvalue weighted by molar-refractivity contribution is 6.27. The van der Waals surface area contributed by atoms with E-state index in [4.69, 9.17) is 16.7 Å². The molecule has 0 aromatic rings. The van der Waals surface area contributed by atoms with Crippen LogP contribution in [0.25, 0.3) is 0 Å². The Morgan fingerprint density at radius 2 is 2.33 bits per heavy atom. The fraction of sp³-hybridized carbons (Fsp3) is 0.800. The minimum Gasteiger partial charge on any atom is -0.390 e. The van der Waals surface area contributed by atoms with Gasteiger partial charge < -0.3 is 9.90 Å². The standard InChI is InChI=1S/C5H8ClNO2/c6-5(3-8)7-1-4(9)2-7/h3-5,9H,1-2H2/t5-/m1/s1. The van der Waals surface area contributed by atoms with Gasteiger partial charge in [0.25, 0.3) is 0 Å². The molecule has 0 radical (unpaired) electrons. The molecular formula is C5H8ClNO2. The molecule has 1 atom stereocenters. The van der Waals surface area contributed by atoms with E-state index < -0.39 is 5.50 Å². The Balaban J connectivity index is 2.23. The Hall–Kier alpha value is -0.120. The first kappa shape index (κ1) is 6.99. The molecule has 1 heterocycles. The number of likely N-dealkylation sites (tertiary alicyclic amines) is 1. The molecule has 0 aromatic carbocycles. The first-order valence-electron chi connectivity index (χ1n) is 2.75. The van der Waals surface area contributed by atoms with Gasteiger partial charge in [-0.3, -0.25) is 4.90 Å². The second kappa shape index (κ2) is 2.64. The van der Waals surface area contributed by atoms with E-state index in [1.807, 2.05) is 0 Å². The van der Waals surface area contributed by atoms with Gasteiger partial charge in [0, 0.05) is 13.1 Å². The van der Waals surface area contributed by atoms with Crippen LogP contribution in [0, 0.1) is 0 Å². The Morgan fingerprint density at radius 1 is 1.78 bits per heavy atom. The molecule has 1 aliphatic rings. The summed E-state index contributed by atoms with van der Waals surface area (Å²) >= 11 is 5.48. The van der Waals surface area contributed by atoms with E-state index in [9.17, 15) is 4.79 Å². The van der Waals surface area contributed by atoms with Gasteiger partial charge in [0.1, 0.15) is 5.50 Å². The minimum absolute atomic E-state index is 0.286. The highest BCUT2D eigenvalue weighted by Gasteiger charge is 2.29. The molecule has 1 saturated heterocycles. The van der Waals surface area contributed by atoms with Crippen LogP contribution in [0.15, 0.2) is 0 Å². The van der Waals surface area contributed by atoms with Gasteiger partial charge in [-0.25, -0.2) is 0 Å². The zero-order valence-corrected chi connectivity index (χ0v) is 5.58. The van der Waals surface area contributed by atoms with E-state index in [2.05, 4.69) is 0 Å². The molecule has 0 bridgehead atoms. The first-order chi connectivity index (χ1) is 4.24. The average Bonchev–Trinajstić information content (AvgIpc) is 1.79. The number of β-amino-alcohol motifs (C(OH)–C–C–N with tert-alkyl or cyclic N) is 1. The van der Waals surface area contributed by atoms with E-state index >= 15 is 0 Å². The number of nitrogens with zero attached hydrogens (tertiary/aromatic N) is 1. The lowest BCUT2D eigenvalue weighted by Gasteiger charge is -2.36. The van der Waals surface area contributed by atoms with Crippen molar-refractivity contribution in [2.75, 3.05) is 13.1 Å². The van der Waals surface area contributed by atoms with Gasteiger partial charge in [0.2, 0.25) is 0 Å². The summed E-state index contributed by atoms with van der Waals surface area (Å²) in [6.45, 7) is 1.04. The van der Waals surface area contributed by atoms with Crippen LogP contribution in [-0.2, 0) is 4.79 Å². The minimum atomic E-state index is -0.548. The van der Waals surface area contributed by atoms with Crippen molar-refractivity contribution in [1.29, 1.82) is 0 Å². The maximum absolute atomic E-state index is 9.99. The zero-order chi connectivity index (χ0) is 6.85. The fourth-order valence-corrected chi connectivity index (χ4v) is 0.935. The summed E-state index contributed by atoms with van der Waals surface area (Å²) in [6.07, 6.45) is 0.374. The molecule has 0 spiro atoms. The number of hydrogen-bond acceptors (Lipinski definition) is 3. The van der Waals surface area contributed by atoms with Crippen LogP contribution in [0.4, 0.5) is 0 Å². The lowest BCUT2D eigenvalue weighted by Crippen LogP contribution is -2.54. The van der Waals surface area contributed by atoms with E-state index in [1.165, 1.54) is 0 Å². The van der Waals surface area contributed by atoms with Crippen molar-refractivity contribution in [2.24, 2.45) is 0 Å². The number of aliphatic hydroxyl groups excluding tert-OH is 1. The number of alkyl halides is 1. The highest BCUT2D eigenvalue weighted by Crippen LogP contribution is 2.12. The maximum Gasteiger partial charge on any atom is 0.152 e. The van der Waals surface area contributed by atoms with Gasteiger partial charge in [-0.1, -0.05) is 11.6 Å². The van der Waals surface area contributed by atoms with E-state index in [1.54, 1.807) is 4.90 Å². The third-order valence-electron chi connectivity index (χ3n) is 1.35. The van der Waals surface area contributed by atoms with Gasteiger partial charge in [-0.2, -0.15) is 0 Å². The molecule has 52 valence electrons. The highest BCUT2D eigenvalue weighted by atomic mass is 35.5. The van der Waals surface area contributed by atoms with Crippen molar-refractivity contribution in [2.45, 2.75) is 11.6 Å². The topological polar surface area (TPSA) is 40.5 Å². The second-order valence-corrected chi connectivity index (χ2v) is 2.56. The third-order valence-corrected chi connectivity index (χ3v) is 1.73. The van der Waals surface area contributed by atoms with Crippen LogP contribution >= 0.6 is 11.6 Å². The molecule has 1 fully saturated rings. The van der Waals surface area contributed by atoms with Crippen LogP contribution in [0.5, 0.6) is 0 Å². The normalized spacial score (nSPS) is 25.1. The quantitative estimate of drug-likeness (QED) is 0.325. The summed E-state index contributed by atoms with van der Waals surface area (Å²) in [4.78, 5) is 11.7.